The molecule has 0 saturated carbocycles. The Balaban J connectivity index is 1.81. The van der Waals surface area contributed by atoms with E-state index in [0.29, 0.717) is 30.7 Å². The van der Waals surface area contributed by atoms with Gasteiger partial charge in [0.05, 0.1) is 17.2 Å². The number of nitrogens with zero attached hydrogens (tertiary/aromatic N) is 3. The average Bonchev–Trinajstić information content (AvgIpc) is 3.18. The third-order valence-electron chi connectivity index (χ3n) is 3.87. The number of benzene rings is 1. The zero-order chi connectivity index (χ0) is 21.2. The van der Waals surface area contributed by atoms with E-state index in [-0.39, 0.29) is 18.8 Å². The number of thiazole rings is 1. The van der Waals surface area contributed by atoms with Crippen molar-refractivity contribution in [2.45, 2.75) is 39.3 Å². The number of guanidine groups is 1. The highest BCUT2D eigenvalue weighted by molar-refractivity contribution is 7.09. The van der Waals surface area contributed by atoms with Gasteiger partial charge in [-0.1, -0.05) is 13.8 Å². The fourth-order valence-corrected chi connectivity index (χ4v) is 3.16. The summed E-state index contributed by atoms with van der Waals surface area (Å²) in [5, 5.41) is 30.0. The summed E-state index contributed by atoms with van der Waals surface area (Å²) >= 11 is 1.59. The molecule has 3 N–H and O–H groups in total. The fraction of sp³-hybridized carbons (Fsp3) is 0.474. The van der Waals surface area contributed by atoms with E-state index >= 15 is 0 Å². The molecule has 1 heterocycles. The van der Waals surface area contributed by atoms with Crippen LogP contribution in [0.25, 0.3) is 0 Å². The minimum Gasteiger partial charge on any atom is -0.491 e. The Kier molecular flexibility index (Phi) is 8.81. The standard InChI is InChI=1S/C19H27N5O4S/c1-4-20-19(22-10-18-23-17(12-29-18)13(2)3)21-9-15(25)11-28-16-7-5-14(6-8-16)24(26)27/h5-8,12-13,15,25H,4,9-11H2,1-3H3,(H2,20,21,22). The van der Waals surface area contributed by atoms with E-state index < -0.39 is 11.0 Å². The van der Waals surface area contributed by atoms with Crippen molar-refractivity contribution in [3.63, 3.8) is 0 Å². The number of aliphatic hydroxyl groups is 1. The first-order valence-corrected chi connectivity index (χ1v) is 10.3. The molecule has 2 aromatic rings. The van der Waals surface area contributed by atoms with E-state index in [1.54, 1.807) is 11.3 Å². The Hall–Kier alpha value is -2.72. The highest BCUT2D eigenvalue weighted by Gasteiger charge is 2.10. The minimum absolute atomic E-state index is 0.00759. The SMILES string of the molecule is CCNC(=NCc1nc(C(C)C)cs1)NCC(O)COc1ccc([N+](=O)[O-])cc1. The normalized spacial score (nSPS) is 12.7. The molecule has 0 amide bonds. The number of nitro benzene ring substituents is 1. The van der Waals surface area contributed by atoms with Crippen LogP contribution in [0.4, 0.5) is 5.69 Å². The van der Waals surface area contributed by atoms with Crippen LogP contribution in [0.15, 0.2) is 34.6 Å². The van der Waals surface area contributed by atoms with Gasteiger partial charge >= 0.3 is 0 Å². The zero-order valence-corrected chi connectivity index (χ0v) is 17.6. The number of aromatic nitrogens is 1. The summed E-state index contributed by atoms with van der Waals surface area (Å²) in [6.45, 7) is 7.62. The van der Waals surface area contributed by atoms with Crippen LogP contribution >= 0.6 is 11.3 Å². The number of hydrogen-bond acceptors (Lipinski definition) is 7. The topological polar surface area (TPSA) is 122 Å². The second-order valence-corrected chi connectivity index (χ2v) is 7.56. The minimum atomic E-state index is -0.776. The highest BCUT2D eigenvalue weighted by atomic mass is 32.1. The lowest BCUT2D eigenvalue weighted by atomic mass is 10.2. The maximum Gasteiger partial charge on any atom is 0.269 e. The van der Waals surface area contributed by atoms with Crippen molar-refractivity contribution in [2.24, 2.45) is 4.99 Å². The molecule has 10 heteroatoms. The van der Waals surface area contributed by atoms with Gasteiger partial charge in [-0.3, -0.25) is 10.1 Å². The van der Waals surface area contributed by atoms with Crippen LogP contribution in [-0.4, -0.2) is 46.8 Å². The molecule has 2 rings (SSSR count). The van der Waals surface area contributed by atoms with Crippen molar-refractivity contribution >= 4 is 23.0 Å². The molecule has 29 heavy (non-hydrogen) atoms. The van der Waals surface area contributed by atoms with Crippen LogP contribution in [0.5, 0.6) is 5.75 Å². The second-order valence-electron chi connectivity index (χ2n) is 6.61. The molecule has 1 unspecified atom stereocenters. The number of nitro groups is 1. The lowest BCUT2D eigenvalue weighted by Gasteiger charge is -2.15. The van der Waals surface area contributed by atoms with Gasteiger partial charge < -0.3 is 20.5 Å². The fourth-order valence-electron chi connectivity index (χ4n) is 2.28. The van der Waals surface area contributed by atoms with E-state index in [9.17, 15) is 15.2 Å². The average molecular weight is 422 g/mol. The van der Waals surface area contributed by atoms with Crippen molar-refractivity contribution in [3.8, 4) is 5.75 Å². The Bertz CT molecular complexity index is 807. The van der Waals surface area contributed by atoms with Crippen molar-refractivity contribution in [2.75, 3.05) is 19.7 Å². The van der Waals surface area contributed by atoms with E-state index in [2.05, 4.69) is 39.8 Å². The van der Waals surface area contributed by atoms with Gasteiger partial charge in [-0.25, -0.2) is 9.98 Å². The van der Waals surface area contributed by atoms with Gasteiger partial charge in [0.15, 0.2) is 5.96 Å². The summed E-state index contributed by atoms with van der Waals surface area (Å²) < 4.78 is 5.47. The maximum absolute atomic E-state index is 10.7. The van der Waals surface area contributed by atoms with Crippen LogP contribution in [0.2, 0.25) is 0 Å². The summed E-state index contributed by atoms with van der Waals surface area (Å²) in [4.78, 5) is 19.2. The quantitative estimate of drug-likeness (QED) is 0.233. The van der Waals surface area contributed by atoms with Gasteiger partial charge in [-0.2, -0.15) is 0 Å². The number of aliphatic imine (C=N–C) groups is 1. The Morgan fingerprint density at radius 2 is 2.07 bits per heavy atom. The predicted molar refractivity (Wildman–Crippen MR) is 114 cm³/mol. The summed E-state index contributed by atoms with van der Waals surface area (Å²) in [5.74, 6) is 1.43. The van der Waals surface area contributed by atoms with Crippen LogP contribution in [0.1, 0.15) is 37.4 Å². The van der Waals surface area contributed by atoms with Crippen LogP contribution in [0.3, 0.4) is 0 Å². The lowest BCUT2D eigenvalue weighted by molar-refractivity contribution is -0.384. The molecule has 0 bridgehead atoms. The van der Waals surface area contributed by atoms with Crippen molar-refractivity contribution in [1.82, 2.24) is 15.6 Å². The van der Waals surface area contributed by atoms with Crippen LogP contribution < -0.4 is 15.4 Å². The van der Waals surface area contributed by atoms with Crippen molar-refractivity contribution in [1.29, 1.82) is 0 Å². The van der Waals surface area contributed by atoms with E-state index in [1.807, 2.05) is 6.92 Å². The van der Waals surface area contributed by atoms with Gasteiger partial charge in [0, 0.05) is 30.6 Å². The highest BCUT2D eigenvalue weighted by Crippen LogP contribution is 2.18. The second kappa shape index (κ2) is 11.3. The first-order chi connectivity index (χ1) is 13.9. The molecular formula is C19H27N5O4S. The zero-order valence-electron chi connectivity index (χ0n) is 16.8. The third-order valence-corrected chi connectivity index (χ3v) is 4.72. The van der Waals surface area contributed by atoms with E-state index in [4.69, 9.17) is 4.74 Å². The Labute approximate surface area is 174 Å². The Morgan fingerprint density at radius 1 is 1.34 bits per heavy atom. The Morgan fingerprint density at radius 3 is 2.66 bits per heavy atom. The molecule has 1 aromatic heterocycles. The largest absolute Gasteiger partial charge is 0.491 e. The van der Waals surface area contributed by atoms with Gasteiger partial charge in [-0.05, 0) is 25.0 Å². The van der Waals surface area contributed by atoms with Crippen molar-refractivity contribution < 1.29 is 14.8 Å². The number of ether oxygens (including phenoxy) is 1. The molecule has 0 radical (unpaired) electrons. The van der Waals surface area contributed by atoms with Gasteiger partial charge in [0.1, 0.15) is 23.5 Å². The molecule has 158 valence electrons. The van der Waals surface area contributed by atoms with Gasteiger partial charge in [0.25, 0.3) is 5.69 Å². The number of rotatable bonds is 10. The first-order valence-electron chi connectivity index (χ1n) is 9.40. The molecule has 0 saturated heterocycles. The molecular weight excluding hydrogens is 394 g/mol. The van der Waals surface area contributed by atoms with Crippen LogP contribution in [0, 0.1) is 10.1 Å². The lowest BCUT2D eigenvalue weighted by Crippen LogP contribution is -2.42. The van der Waals surface area contributed by atoms with E-state index in [0.717, 1.165) is 10.7 Å². The smallest absolute Gasteiger partial charge is 0.269 e. The number of hydrogen-bond donors (Lipinski definition) is 3. The van der Waals surface area contributed by atoms with Gasteiger partial charge in [0.2, 0.25) is 0 Å². The monoisotopic (exact) mass is 421 g/mol. The summed E-state index contributed by atoms with van der Waals surface area (Å²) in [6, 6.07) is 5.73. The molecule has 1 aromatic carbocycles. The molecule has 0 spiro atoms. The number of nitrogens with one attached hydrogen (secondary N) is 2. The maximum atomic E-state index is 10.7. The molecule has 0 aliphatic heterocycles. The first kappa shape index (κ1) is 22.6. The van der Waals surface area contributed by atoms with E-state index in [1.165, 1.54) is 24.3 Å². The van der Waals surface area contributed by atoms with Gasteiger partial charge in [-0.15, -0.1) is 11.3 Å². The number of aliphatic hydroxyl groups excluding tert-OH is 1. The number of non-ortho nitro benzene ring substituents is 1. The van der Waals surface area contributed by atoms with Crippen LogP contribution in [-0.2, 0) is 6.54 Å². The molecule has 0 aliphatic rings. The molecule has 1 atom stereocenters. The van der Waals surface area contributed by atoms with Crippen molar-refractivity contribution in [3.05, 3.63) is 50.5 Å². The summed E-state index contributed by atoms with van der Waals surface area (Å²) in [5.41, 5.74) is 1.06. The predicted octanol–water partition coefficient (Wildman–Crippen LogP) is 2.67. The summed E-state index contributed by atoms with van der Waals surface area (Å²) in [6.07, 6.45) is -0.776. The summed E-state index contributed by atoms with van der Waals surface area (Å²) in [7, 11) is 0. The third kappa shape index (κ3) is 7.66. The molecule has 0 fully saturated rings. The molecule has 0 aliphatic carbocycles. The molecule has 9 nitrogen and oxygen atoms in total.